The molecule has 0 radical (unpaired) electrons. The van der Waals surface area contributed by atoms with Gasteiger partial charge in [-0.2, -0.15) is 13.2 Å². The number of hydrogen-bond donors (Lipinski definition) is 3. The monoisotopic (exact) mass is 616 g/mol. The minimum Gasteiger partial charge on any atom is -0.495 e. The average molecular weight is 617 g/mol. The summed E-state index contributed by atoms with van der Waals surface area (Å²) in [7, 11) is 1.46. The molecule has 2 amide bonds. The predicted molar refractivity (Wildman–Crippen MR) is 161 cm³/mol. The lowest BCUT2D eigenvalue weighted by Crippen LogP contribution is -2.44. The van der Waals surface area contributed by atoms with Crippen LogP contribution in [0.2, 0.25) is 0 Å². The van der Waals surface area contributed by atoms with Crippen LogP contribution in [0.15, 0.2) is 24.4 Å². The van der Waals surface area contributed by atoms with E-state index in [0.29, 0.717) is 23.4 Å². The van der Waals surface area contributed by atoms with E-state index in [9.17, 15) is 22.8 Å². The zero-order valence-corrected chi connectivity index (χ0v) is 25.7. The molecule has 2 heterocycles. The maximum Gasteiger partial charge on any atom is 0.419 e. The van der Waals surface area contributed by atoms with Gasteiger partial charge < -0.3 is 25.6 Å². The molecule has 3 N–H and O–H groups in total. The number of likely N-dealkylation sites (tertiary alicyclic amines) is 1. The number of benzene rings is 1. The first-order valence-corrected chi connectivity index (χ1v) is 15.7. The number of aromatic nitrogens is 2. The molecule has 12 heteroatoms. The molecular weight excluding hydrogens is 573 g/mol. The van der Waals surface area contributed by atoms with E-state index >= 15 is 0 Å². The van der Waals surface area contributed by atoms with Gasteiger partial charge in [0.1, 0.15) is 5.75 Å². The van der Waals surface area contributed by atoms with E-state index in [1.54, 1.807) is 18.2 Å². The SMILES string of the molecule is CCN1CCC(NC(=O)c2ccc(Nc3ncc(C(F)(F)F)c(CCC4C[C@@]45CCCC[C@H]5NC(C)=O)n3)c(OC)c2)CC1. The van der Waals surface area contributed by atoms with Gasteiger partial charge >= 0.3 is 6.18 Å². The molecule has 2 saturated carbocycles. The van der Waals surface area contributed by atoms with Crippen LogP contribution in [0, 0.1) is 11.3 Å². The Morgan fingerprint density at radius 2 is 1.91 bits per heavy atom. The number of ether oxygens (including phenoxy) is 1. The summed E-state index contributed by atoms with van der Waals surface area (Å²) in [4.78, 5) is 35.3. The lowest BCUT2D eigenvalue weighted by Gasteiger charge is -2.33. The van der Waals surface area contributed by atoms with Gasteiger partial charge in [-0.15, -0.1) is 0 Å². The molecule has 1 unspecified atom stereocenters. The van der Waals surface area contributed by atoms with Crippen molar-refractivity contribution in [2.75, 3.05) is 32.1 Å². The van der Waals surface area contributed by atoms with E-state index in [2.05, 4.69) is 37.7 Å². The quantitative estimate of drug-likeness (QED) is 0.325. The molecule has 1 spiro atoms. The molecule has 2 aliphatic carbocycles. The molecule has 3 atom stereocenters. The van der Waals surface area contributed by atoms with Crippen molar-refractivity contribution in [3.63, 3.8) is 0 Å². The molecule has 3 aliphatic rings. The Balaban J connectivity index is 1.27. The van der Waals surface area contributed by atoms with Crippen molar-refractivity contribution in [3.8, 4) is 5.75 Å². The van der Waals surface area contributed by atoms with E-state index in [4.69, 9.17) is 4.74 Å². The number of nitrogens with zero attached hydrogens (tertiary/aromatic N) is 3. The molecule has 1 saturated heterocycles. The van der Waals surface area contributed by atoms with Gasteiger partial charge in [-0.3, -0.25) is 9.59 Å². The van der Waals surface area contributed by atoms with Crippen molar-refractivity contribution in [2.45, 2.75) is 89.9 Å². The number of aryl methyl sites for hydroxylation is 1. The van der Waals surface area contributed by atoms with Crippen LogP contribution in [0.4, 0.5) is 24.8 Å². The molecule has 2 aromatic rings. The maximum absolute atomic E-state index is 13.9. The van der Waals surface area contributed by atoms with Crippen molar-refractivity contribution in [3.05, 3.63) is 41.2 Å². The van der Waals surface area contributed by atoms with Crippen LogP contribution in [0.3, 0.4) is 0 Å². The molecule has 1 aromatic carbocycles. The fraction of sp³-hybridized carbons (Fsp3) is 0.625. The fourth-order valence-corrected chi connectivity index (χ4v) is 7.18. The van der Waals surface area contributed by atoms with Crippen molar-refractivity contribution in [1.29, 1.82) is 0 Å². The summed E-state index contributed by atoms with van der Waals surface area (Å²) < 4.78 is 47.3. The molecule has 3 fully saturated rings. The number of rotatable bonds is 10. The van der Waals surface area contributed by atoms with Crippen molar-refractivity contribution in [1.82, 2.24) is 25.5 Å². The second-order valence-electron chi connectivity index (χ2n) is 12.4. The van der Waals surface area contributed by atoms with Crippen LogP contribution >= 0.6 is 0 Å². The highest BCUT2D eigenvalue weighted by Crippen LogP contribution is 2.63. The normalized spacial score (nSPS) is 24.1. The Labute approximate surface area is 256 Å². The maximum atomic E-state index is 13.9. The standard InChI is InChI=1S/C32H43F3N6O3/c1-4-41-15-12-23(13-16-41)38-29(43)21-8-10-26(27(17-21)44-3)40-30-36-19-24(32(33,34)35)25(39-30)11-9-22-18-31(22)14-6-5-7-28(31)37-20(2)42/h8,10,17,19,22-23,28H,4-7,9,11-16,18H2,1-3H3,(H,37,42)(H,38,43)(H,36,39,40)/t22?,28-,31+/m1/s1. The van der Waals surface area contributed by atoms with Crippen molar-refractivity contribution < 1.29 is 27.5 Å². The summed E-state index contributed by atoms with van der Waals surface area (Å²) >= 11 is 0. The largest absolute Gasteiger partial charge is 0.495 e. The molecule has 44 heavy (non-hydrogen) atoms. The fourth-order valence-electron chi connectivity index (χ4n) is 7.18. The van der Waals surface area contributed by atoms with Gasteiger partial charge in [-0.25, -0.2) is 9.97 Å². The van der Waals surface area contributed by atoms with Crippen molar-refractivity contribution >= 4 is 23.5 Å². The summed E-state index contributed by atoms with van der Waals surface area (Å²) in [5.41, 5.74) is -0.0629. The highest BCUT2D eigenvalue weighted by atomic mass is 19.4. The van der Waals surface area contributed by atoms with Gasteiger partial charge in [0, 0.05) is 43.9 Å². The number of alkyl halides is 3. The van der Waals surface area contributed by atoms with E-state index in [1.807, 2.05) is 0 Å². The zero-order valence-electron chi connectivity index (χ0n) is 25.7. The Hall–Kier alpha value is -3.41. The number of amides is 2. The zero-order chi connectivity index (χ0) is 31.5. The van der Waals surface area contributed by atoms with Gasteiger partial charge in [0.05, 0.1) is 24.1 Å². The number of piperidine rings is 1. The van der Waals surface area contributed by atoms with Gasteiger partial charge in [0.15, 0.2) is 0 Å². The Morgan fingerprint density at radius 1 is 1.14 bits per heavy atom. The number of hydrogen-bond acceptors (Lipinski definition) is 7. The number of carbonyl (C=O) groups is 2. The first kappa shape index (κ1) is 32.0. The number of halogens is 3. The van der Waals surface area contributed by atoms with E-state index in [0.717, 1.165) is 70.8 Å². The first-order chi connectivity index (χ1) is 21.0. The second kappa shape index (κ2) is 13.3. The van der Waals surface area contributed by atoms with E-state index in [-0.39, 0.29) is 53.3 Å². The second-order valence-corrected chi connectivity index (χ2v) is 12.4. The van der Waals surface area contributed by atoms with Crippen LogP contribution < -0.4 is 20.7 Å². The predicted octanol–water partition coefficient (Wildman–Crippen LogP) is 5.48. The third-order valence-corrected chi connectivity index (χ3v) is 9.72. The molecular formula is C32H43F3N6O3. The molecule has 240 valence electrons. The third kappa shape index (κ3) is 7.27. The number of nitrogens with one attached hydrogen (secondary N) is 3. The van der Waals surface area contributed by atoms with Crippen LogP contribution in [0.5, 0.6) is 5.75 Å². The Bertz CT molecular complexity index is 1350. The summed E-state index contributed by atoms with van der Waals surface area (Å²) in [6.45, 7) is 6.53. The first-order valence-electron chi connectivity index (χ1n) is 15.7. The van der Waals surface area contributed by atoms with E-state index in [1.165, 1.54) is 14.0 Å². The molecule has 5 rings (SSSR count). The lowest BCUT2D eigenvalue weighted by molar-refractivity contribution is -0.138. The van der Waals surface area contributed by atoms with Crippen molar-refractivity contribution in [2.24, 2.45) is 11.3 Å². The number of carbonyl (C=O) groups excluding carboxylic acids is 2. The van der Waals surface area contributed by atoms with Crippen LogP contribution in [0.1, 0.15) is 86.8 Å². The number of anilines is 2. The Morgan fingerprint density at radius 3 is 2.59 bits per heavy atom. The average Bonchev–Trinajstić information content (AvgIpc) is 3.69. The van der Waals surface area contributed by atoms with Gasteiger partial charge in [0.2, 0.25) is 11.9 Å². The molecule has 1 aromatic heterocycles. The minimum absolute atomic E-state index is 0.0190. The minimum atomic E-state index is -4.58. The van der Waals surface area contributed by atoms with Gasteiger partial charge in [-0.1, -0.05) is 19.8 Å². The van der Waals surface area contributed by atoms with E-state index < -0.39 is 11.7 Å². The van der Waals surface area contributed by atoms with Crippen LogP contribution in [0.25, 0.3) is 0 Å². The topological polar surface area (TPSA) is 108 Å². The summed E-state index contributed by atoms with van der Waals surface area (Å²) in [6, 6.07) is 5.08. The third-order valence-electron chi connectivity index (χ3n) is 9.72. The Kier molecular flexibility index (Phi) is 9.67. The van der Waals surface area contributed by atoms with Crippen LogP contribution in [-0.4, -0.2) is 65.5 Å². The van der Waals surface area contributed by atoms with Gasteiger partial charge in [-0.05, 0) is 81.0 Å². The summed E-state index contributed by atoms with van der Waals surface area (Å²) in [5, 5.41) is 9.17. The lowest BCUT2D eigenvalue weighted by atomic mass is 9.79. The molecule has 9 nitrogen and oxygen atoms in total. The highest BCUT2D eigenvalue weighted by Gasteiger charge is 2.58. The summed E-state index contributed by atoms with van der Waals surface area (Å²) in [6.07, 6.45) is 3.65. The summed E-state index contributed by atoms with van der Waals surface area (Å²) in [5.74, 6) is 0.347. The smallest absolute Gasteiger partial charge is 0.419 e. The molecule has 1 aliphatic heterocycles. The van der Waals surface area contributed by atoms with Crippen LogP contribution in [-0.2, 0) is 17.4 Å². The molecule has 0 bridgehead atoms. The number of methoxy groups -OCH3 is 1. The van der Waals surface area contributed by atoms with Gasteiger partial charge in [0.25, 0.3) is 5.91 Å². The highest BCUT2D eigenvalue weighted by molar-refractivity contribution is 5.95.